The summed E-state index contributed by atoms with van der Waals surface area (Å²) in [6.07, 6.45) is 0. The molecule has 0 aliphatic rings. The van der Waals surface area contributed by atoms with Gasteiger partial charge in [-0.3, -0.25) is 9.36 Å². The molecule has 7 nitrogen and oxygen atoms in total. The number of hydrogen-bond acceptors (Lipinski definition) is 5. The SMILES string of the molecule is Cc1nc([N+](=O)[O-])c(SCC(N)=O)n1Cc1ccc(Cl)cc1. The standard InChI is InChI=1S/C13H13ClN4O3S/c1-8-16-12(18(20)21)13(22-7-11(15)19)17(8)6-9-2-4-10(14)5-3-9/h2-5H,6-7H2,1H3,(H2,15,19). The van der Waals surface area contributed by atoms with E-state index in [0.717, 1.165) is 17.3 Å². The quantitative estimate of drug-likeness (QED) is 0.494. The van der Waals surface area contributed by atoms with Crippen LogP contribution in [0.2, 0.25) is 5.02 Å². The van der Waals surface area contributed by atoms with Crippen molar-refractivity contribution >= 4 is 35.1 Å². The molecule has 0 saturated heterocycles. The molecule has 22 heavy (non-hydrogen) atoms. The Labute approximate surface area is 135 Å². The van der Waals surface area contributed by atoms with Crippen LogP contribution in [0, 0.1) is 17.0 Å². The predicted octanol–water partition coefficient (Wildman–Crippen LogP) is 2.38. The van der Waals surface area contributed by atoms with Crippen molar-refractivity contribution in [2.75, 3.05) is 5.75 Å². The van der Waals surface area contributed by atoms with E-state index in [1.165, 1.54) is 0 Å². The summed E-state index contributed by atoms with van der Waals surface area (Å²) in [5.41, 5.74) is 6.04. The number of nitro groups is 1. The lowest BCUT2D eigenvalue weighted by atomic mass is 10.2. The number of imidazole rings is 1. The number of benzene rings is 1. The summed E-state index contributed by atoms with van der Waals surface area (Å²) in [6, 6.07) is 7.15. The lowest BCUT2D eigenvalue weighted by molar-refractivity contribution is -0.392. The van der Waals surface area contributed by atoms with Gasteiger partial charge < -0.3 is 15.8 Å². The number of nitrogens with zero attached hydrogens (tertiary/aromatic N) is 3. The lowest BCUT2D eigenvalue weighted by Gasteiger charge is -2.08. The summed E-state index contributed by atoms with van der Waals surface area (Å²) in [5.74, 6) is -0.366. The van der Waals surface area contributed by atoms with Crippen molar-refractivity contribution < 1.29 is 9.72 Å². The van der Waals surface area contributed by atoms with Crippen molar-refractivity contribution in [3.63, 3.8) is 0 Å². The molecule has 0 atom stereocenters. The third kappa shape index (κ3) is 3.77. The molecule has 0 aliphatic carbocycles. The van der Waals surface area contributed by atoms with Crippen molar-refractivity contribution in [1.82, 2.24) is 9.55 Å². The van der Waals surface area contributed by atoms with Crippen LogP contribution in [0.4, 0.5) is 5.82 Å². The van der Waals surface area contributed by atoms with Gasteiger partial charge >= 0.3 is 5.82 Å². The third-order valence-electron chi connectivity index (χ3n) is 2.87. The first kappa shape index (κ1) is 16.3. The average molecular weight is 341 g/mol. The Balaban J connectivity index is 2.37. The zero-order valence-corrected chi connectivity index (χ0v) is 13.2. The van der Waals surface area contributed by atoms with Gasteiger partial charge in [0.05, 0.1) is 12.3 Å². The van der Waals surface area contributed by atoms with Gasteiger partial charge in [0.15, 0.2) is 5.03 Å². The van der Waals surface area contributed by atoms with E-state index in [1.54, 1.807) is 23.6 Å². The van der Waals surface area contributed by atoms with Crippen LogP contribution in [-0.4, -0.2) is 26.1 Å². The largest absolute Gasteiger partial charge is 0.396 e. The second-order valence-corrected chi connectivity index (χ2v) is 5.91. The van der Waals surface area contributed by atoms with Gasteiger partial charge in [0, 0.05) is 11.9 Å². The number of rotatable bonds is 6. The van der Waals surface area contributed by atoms with Crippen LogP contribution in [0.15, 0.2) is 29.3 Å². The highest BCUT2D eigenvalue weighted by Gasteiger charge is 2.26. The van der Waals surface area contributed by atoms with Gasteiger partial charge in [0.1, 0.15) is 0 Å². The average Bonchev–Trinajstić information content (AvgIpc) is 2.76. The van der Waals surface area contributed by atoms with E-state index in [0.29, 0.717) is 22.4 Å². The second-order valence-electron chi connectivity index (χ2n) is 4.51. The van der Waals surface area contributed by atoms with Gasteiger partial charge in [-0.25, -0.2) is 0 Å². The van der Waals surface area contributed by atoms with E-state index in [2.05, 4.69) is 4.98 Å². The van der Waals surface area contributed by atoms with Crippen LogP contribution in [0.25, 0.3) is 0 Å². The van der Waals surface area contributed by atoms with Gasteiger partial charge in [-0.15, -0.1) is 0 Å². The number of aromatic nitrogens is 2. The minimum absolute atomic E-state index is 0.0490. The number of primary amides is 1. The van der Waals surface area contributed by atoms with E-state index >= 15 is 0 Å². The molecule has 116 valence electrons. The Hall–Kier alpha value is -2.06. The smallest absolute Gasteiger partial charge is 0.369 e. The molecule has 1 amide bonds. The van der Waals surface area contributed by atoms with Gasteiger partial charge in [-0.1, -0.05) is 35.5 Å². The van der Waals surface area contributed by atoms with Crippen LogP contribution in [0.5, 0.6) is 0 Å². The number of aryl methyl sites for hydroxylation is 1. The predicted molar refractivity (Wildman–Crippen MR) is 84.1 cm³/mol. The first-order chi connectivity index (χ1) is 10.4. The molecular weight excluding hydrogens is 328 g/mol. The molecule has 1 heterocycles. The molecule has 9 heteroatoms. The highest BCUT2D eigenvalue weighted by Crippen LogP contribution is 2.30. The number of halogens is 1. The van der Waals surface area contributed by atoms with Crippen molar-refractivity contribution in [3.8, 4) is 0 Å². The summed E-state index contributed by atoms with van der Waals surface area (Å²) < 4.78 is 1.69. The molecule has 2 N–H and O–H groups in total. The van der Waals surface area contributed by atoms with E-state index in [4.69, 9.17) is 17.3 Å². The molecule has 2 rings (SSSR count). The summed E-state index contributed by atoms with van der Waals surface area (Å²) in [6.45, 7) is 2.07. The minimum Gasteiger partial charge on any atom is -0.369 e. The van der Waals surface area contributed by atoms with E-state index in [9.17, 15) is 14.9 Å². The molecule has 2 aromatic rings. The number of nitrogens with two attached hydrogens (primary N) is 1. The molecular formula is C13H13ClN4O3S. The van der Waals surface area contributed by atoms with Crippen LogP contribution in [0.3, 0.4) is 0 Å². The maximum absolute atomic E-state index is 11.1. The molecule has 1 aromatic heterocycles. The number of hydrogen-bond donors (Lipinski definition) is 1. The number of carbonyl (C=O) groups is 1. The fourth-order valence-electron chi connectivity index (χ4n) is 1.89. The molecule has 0 fully saturated rings. The molecule has 0 unspecified atom stereocenters. The molecule has 0 bridgehead atoms. The van der Waals surface area contributed by atoms with Gasteiger partial charge in [-0.05, 0) is 27.6 Å². The fraction of sp³-hybridized carbons (Fsp3) is 0.231. The Bertz CT molecular complexity index is 715. The summed E-state index contributed by atoms with van der Waals surface area (Å²) >= 11 is 6.86. The van der Waals surface area contributed by atoms with Crippen molar-refractivity contribution in [3.05, 3.63) is 50.8 Å². The highest BCUT2D eigenvalue weighted by molar-refractivity contribution is 8.00. The van der Waals surface area contributed by atoms with Crippen molar-refractivity contribution in [1.29, 1.82) is 0 Å². The Kier molecular flexibility index (Phi) is 5.04. The highest BCUT2D eigenvalue weighted by atomic mass is 35.5. The first-order valence-electron chi connectivity index (χ1n) is 6.25. The number of amides is 1. The fourth-order valence-corrected chi connectivity index (χ4v) is 2.90. The van der Waals surface area contributed by atoms with Crippen molar-refractivity contribution in [2.24, 2.45) is 5.73 Å². The van der Waals surface area contributed by atoms with Crippen LogP contribution >= 0.6 is 23.4 Å². The third-order valence-corrected chi connectivity index (χ3v) is 4.23. The number of carbonyl (C=O) groups excluding carboxylic acids is 1. The summed E-state index contributed by atoms with van der Waals surface area (Å²) in [4.78, 5) is 25.5. The maximum Gasteiger partial charge on any atom is 0.396 e. The summed E-state index contributed by atoms with van der Waals surface area (Å²) in [5, 5.41) is 12.0. The monoisotopic (exact) mass is 340 g/mol. The molecule has 0 saturated carbocycles. The normalized spacial score (nSPS) is 10.6. The molecule has 0 radical (unpaired) electrons. The zero-order chi connectivity index (χ0) is 16.3. The van der Waals surface area contributed by atoms with E-state index < -0.39 is 10.8 Å². The Morgan fingerprint density at radius 3 is 2.64 bits per heavy atom. The van der Waals surface area contributed by atoms with Crippen LogP contribution in [-0.2, 0) is 11.3 Å². The topological polar surface area (TPSA) is 104 Å². The van der Waals surface area contributed by atoms with Crippen molar-refractivity contribution in [2.45, 2.75) is 18.5 Å². The van der Waals surface area contributed by atoms with Gasteiger partial charge in [0.2, 0.25) is 11.7 Å². The Morgan fingerprint density at radius 1 is 1.45 bits per heavy atom. The zero-order valence-electron chi connectivity index (χ0n) is 11.7. The van der Waals surface area contributed by atoms with E-state index in [-0.39, 0.29) is 11.6 Å². The van der Waals surface area contributed by atoms with Crippen LogP contribution < -0.4 is 5.73 Å². The molecule has 0 aliphatic heterocycles. The van der Waals surface area contributed by atoms with Gasteiger partial charge in [0.25, 0.3) is 0 Å². The second kappa shape index (κ2) is 6.80. The van der Waals surface area contributed by atoms with E-state index in [1.807, 2.05) is 12.1 Å². The Morgan fingerprint density at radius 2 is 2.09 bits per heavy atom. The maximum atomic E-state index is 11.1. The minimum atomic E-state index is -0.561. The van der Waals surface area contributed by atoms with Gasteiger partial charge in [-0.2, -0.15) is 0 Å². The first-order valence-corrected chi connectivity index (χ1v) is 7.62. The molecule has 1 aromatic carbocycles. The van der Waals surface area contributed by atoms with Crippen LogP contribution in [0.1, 0.15) is 11.4 Å². The number of thioether (sulfide) groups is 1. The summed E-state index contributed by atoms with van der Waals surface area (Å²) in [7, 11) is 0. The lowest BCUT2D eigenvalue weighted by Crippen LogP contribution is -2.14. The molecule has 0 spiro atoms.